The molecule has 1 heterocycles. The molecule has 0 radical (unpaired) electrons. The van der Waals surface area contributed by atoms with E-state index in [4.69, 9.17) is 9.47 Å². The van der Waals surface area contributed by atoms with Crippen molar-refractivity contribution < 1.29 is 23.8 Å². The van der Waals surface area contributed by atoms with Gasteiger partial charge in [0.25, 0.3) is 0 Å². The van der Waals surface area contributed by atoms with Crippen LogP contribution in [0.4, 0.5) is 4.79 Å². The maximum absolute atomic E-state index is 11.4. The molecule has 108 valence electrons. The number of ether oxygens (including phenoxy) is 3. The second-order valence-electron chi connectivity index (χ2n) is 4.04. The van der Waals surface area contributed by atoms with E-state index in [1.807, 2.05) is 0 Å². The van der Waals surface area contributed by atoms with Crippen molar-refractivity contribution >= 4 is 12.1 Å². The van der Waals surface area contributed by atoms with Gasteiger partial charge in [0, 0.05) is 6.54 Å². The van der Waals surface area contributed by atoms with Crippen LogP contribution in [-0.2, 0) is 9.47 Å². The number of carbonyl (C=O) groups excluding carboxylic acids is 2. The van der Waals surface area contributed by atoms with Gasteiger partial charge in [0.2, 0.25) is 0 Å². The van der Waals surface area contributed by atoms with Crippen LogP contribution in [0.15, 0.2) is 24.3 Å². The van der Waals surface area contributed by atoms with E-state index in [0.717, 1.165) is 0 Å². The van der Waals surface area contributed by atoms with Crippen molar-refractivity contribution in [3.05, 3.63) is 29.8 Å². The SMILES string of the molecule is COC(=O)c1cccc(OCCN2NCCOC2=O)c1. The minimum atomic E-state index is -0.420. The van der Waals surface area contributed by atoms with E-state index in [1.165, 1.54) is 12.1 Å². The minimum absolute atomic E-state index is 0.284. The predicted octanol–water partition coefficient (Wildman–Crippen LogP) is 0.809. The summed E-state index contributed by atoms with van der Waals surface area (Å²) in [6.07, 6.45) is -0.414. The number of benzene rings is 1. The third-order valence-electron chi connectivity index (χ3n) is 2.69. The summed E-state index contributed by atoms with van der Waals surface area (Å²) in [5.41, 5.74) is 3.32. The number of esters is 1. The third-order valence-corrected chi connectivity index (χ3v) is 2.69. The van der Waals surface area contributed by atoms with E-state index in [-0.39, 0.29) is 6.61 Å². The van der Waals surface area contributed by atoms with Crippen molar-refractivity contribution in [2.45, 2.75) is 0 Å². The van der Waals surface area contributed by atoms with Crippen LogP contribution in [0, 0.1) is 0 Å². The number of hydrazine groups is 1. The Morgan fingerprint density at radius 3 is 3.10 bits per heavy atom. The molecule has 1 saturated heterocycles. The Balaban J connectivity index is 1.84. The Labute approximate surface area is 116 Å². The quantitative estimate of drug-likeness (QED) is 0.804. The zero-order valence-electron chi connectivity index (χ0n) is 11.1. The van der Waals surface area contributed by atoms with Crippen molar-refractivity contribution in [3.63, 3.8) is 0 Å². The fourth-order valence-corrected chi connectivity index (χ4v) is 1.72. The van der Waals surface area contributed by atoms with Gasteiger partial charge in [-0.1, -0.05) is 6.07 Å². The molecule has 0 saturated carbocycles. The lowest BCUT2D eigenvalue weighted by Gasteiger charge is -2.26. The number of methoxy groups -OCH3 is 1. The molecule has 0 bridgehead atoms. The molecule has 0 aromatic heterocycles. The fraction of sp³-hybridized carbons (Fsp3) is 0.385. The van der Waals surface area contributed by atoms with Crippen molar-refractivity contribution in [2.24, 2.45) is 0 Å². The Morgan fingerprint density at radius 2 is 2.35 bits per heavy atom. The molecule has 0 unspecified atom stereocenters. The summed E-state index contributed by atoms with van der Waals surface area (Å²) >= 11 is 0. The third kappa shape index (κ3) is 3.61. The Hall–Kier alpha value is -2.28. The average Bonchev–Trinajstić information content (AvgIpc) is 2.49. The predicted molar refractivity (Wildman–Crippen MR) is 69.3 cm³/mol. The highest BCUT2D eigenvalue weighted by atomic mass is 16.6. The summed E-state index contributed by atoms with van der Waals surface area (Å²) in [5, 5.41) is 1.35. The maximum atomic E-state index is 11.4. The minimum Gasteiger partial charge on any atom is -0.492 e. The Bertz CT molecular complexity index is 491. The average molecular weight is 280 g/mol. The first-order chi connectivity index (χ1) is 9.70. The number of nitrogens with one attached hydrogen (secondary N) is 1. The number of nitrogens with zero attached hydrogens (tertiary/aromatic N) is 1. The van der Waals surface area contributed by atoms with Gasteiger partial charge in [0.05, 0.1) is 19.2 Å². The molecular formula is C13H16N2O5. The first kappa shape index (κ1) is 14.1. The standard InChI is InChI=1S/C13H16N2O5/c1-18-12(16)10-3-2-4-11(9-10)19-8-6-15-13(17)20-7-5-14-15/h2-4,9,14H,5-8H2,1H3. The van der Waals surface area contributed by atoms with Gasteiger partial charge in [-0.05, 0) is 18.2 Å². The Kier molecular flexibility index (Phi) is 4.78. The van der Waals surface area contributed by atoms with E-state index in [2.05, 4.69) is 10.2 Å². The van der Waals surface area contributed by atoms with Gasteiger partial charge in [0.15, 0.2) is 0 Å². The van der Waals surface area contributed by atoms with Crippen molar-refractivity contribution in [3.8, 4) is 5.75 Å². The molecule has 1 fully saturated rings. The summed E-state index contributed by atoms with van der Waals surface area (Å²) in [6, 6.07) is 6.67. The highest BCUT2D eigenvalue weighted by Gasteiger charge is 2.18. The maximum Gasteiger partial charge on any atom is 0.424 e. The Morgan fingerprint density at radius 1 is 1.50 bits per heavy atom. The van der Waals surface area contributed by atoms with Crippen LogP contribution in [0.3, 0.4) is 0 Å². The molecule has 0 atom stereocenters. The number of hydrogen-bond acceptors (Lipinski definition) is 6. The first-order valence-corrected chi connectivity index (χ1v) is 6.19. The lowest BCUT2D eigenvalue weighted by Crippen LogP contribution is -2.50. The van der Waals surface area contributed by atoms with Crippen LogP contribution in [-0.4, -0.2) is 50.5 Å². The van der Waals surface area contributed by atoms with Gasteiger partial charge in [-0.25, -0.2) is 20.0 Å². The molecule has 7 heteroatoms. The molecule has 1 aromatic rings. The van der Waals surface area contributed by atoms with Gasteiger partial charge in [-0.3, -0.25) is 0 Å². The zero-order chi connectivity index (χ0) is 14.4. The van der Waals surface area contributed by atoms with E-state index in [9.17, 15) is 9.59 Å². The number of amides is 1. The number of cyclic esters (lactones) is 1. The summed E-state index contributed by atoms with van der Waals surface area (Å²) in [6.45, 7) is 1.59. The molecule has 2 rings (SSSR count). The van der Waals surface area contributed by atoms with E-state index >= 15 is 0 Å². The summed E-state index contributed by atoms with van der Waals surface area (Å²) in [7, 11) is 1.32. The summed E-state index contributed by atoms with van der Waals surface area (Å²) in [5.74, 6) is 0.120. The van der Waals surface area contributed by atoms with Gasteiger partial charge in [0.1, 0.15) is 19.0 Å². The van der Waals surface area contributed by atoms with E-state index in [0.29, 0.717) is 31.0 Å². The molecule has 1 aliphatic rings. The monoisotopic (exact) mass is 280 g/mol. The lowest BCUT2D eigenvalue weighted by molar-refractivity contribution is 0.0421. The van der Waals surface area contributed by atoms with Crippen LogP contribution in [0.1, 0.15) is 10.4 Å². The molecule has 1 aromatic carbocycles. The number of rotatable bonds is 5. The normalized spacial score (nSPS) is 14.7. The first-order valence-electron chi connectivity index (χ1n) is 6.19. The molecule has 0 spiro atoms. The molecule has 1 amide bonds. The topological polar surface area (TPSA) is 77.1 Å². The summed E-state index contributed by atoms with van der Waals surface area (Å²) < 4.78 is 15.0. The van der Waals surface area contributed by atoms with Crippen molar-refractivity contribution in [1.29, 1.82) is 0 Å². The molecule has 20 heavy (non-hydrogen) atoms. The second-order valence-corrected chi connectivity index (χ2v) is 4.04. The van der Waals surface area contributed by atoms with Crippen LogP contribution >= 0.6 is 0 Å². The van der Waals surface area contributed by atoms with Crippen LogP contribution in [0.25, 0.3) is 0 Å². The van der Waals surface area contributed by atoms with Crippen LogP contribution < -0.4 is 10.2 Å². The smallest absolute Gasteiger partial charge is 0.424 e. The molecular weight excluding hydrogens is 264 g/mol. The molecule has 7 nitrogen and oxygen atoms in total. The molecule has 1 N–H and O–H groups in total. The van der Waals surface area contributed by atoms with Gasteiger partial charge in [-0.15, -0.1) is 0 Å². The molecule has 1 aliphatic heterocycles. The second kappa shape index (κ2) is 6.76. The van der Waals surface area contributed by atoms with Gasteiger partial charge >= 0.3 is 12.1 Å². The largest absolute Gasteiger partial charge is 0.492 e. The van der Waals surface area contributed by atoms with Crippen molar-refractivity contribution in [1.82, 2.24) is 10.4 Å². The summed E-state index contributed by atoms with van der Waals surface area (Å²) in [4.78, 5) is 22.7. The van der Waals surface area contributed by atoms with Crippen LogP contribution in [0.2, 0.25) is 0 Å². The van der Waals surface area contributed by atoms with Crippen LogP contribution in [0.5, 0.6) is 5.75 Å². The number of carbonyl (C=O) groups is 2. The van der Waals surface area contributed by atoms with Gasteiger partial charge in [-0.2, -0.15) is 0 Å². The van der Waals surface area contributed by atoms with E-state index < -0.39 is 12.1 Å². The van der Waals surface area contributed by atoms with Gasteiger partial charge < -0.3 is 14.2 Å². The lowest BCUT2D eigenvalue weighted by atomic mass is 10.2. The van der Waals surface area contributed by atoms with Crippen molar-refractivity contribution in [2.75, 3.05) is 33.4 Å². The molecule has 0 aliphatic carbocycles. The van der Waals surface area contributed by atoms with E-state index in [1.54, 1.807) is 24.3 Å². The highest BCUT2D eigenvalue weighted by Crippen LogP contribution is 2.14. The fourth-order valence-electron chi connectivity index (χ4n) is 1.72. The highest BCUT2D eigenvalue weighted by molar-refractivity contribution is 5.89. The zero-order valence-corrected chi connectivity index (χ0v) is 11.1. The number of hydrogen-bond donors (Lipinski definition) is 1.